The first kappa shape index (κ1) is 21.8. The van der Waals surface area contributed by atoms with Gasteiger partial charge in [0.2, 0.25) is 0 Å². The molecule has 3 rings (SSSR count). The summed E-state index contributed by atoms with van der Waals surface area (Å²) in [6.07, 6.45) is 1.22. The second-order valence-corrected chi connectivity index (χ2v) is 6.97. The summed E-state index contributed by atoms with van der Waals surface area (Å²) in [6.45, 7) is 2.50. The van der Waals surface area contributed by atoms with Gasteiger partial charge in [-0.05, 0) is 36.8 Å². The van der Waals surface area contributed by atoms with Gasteiger partial charge in [0.05, 0.1) is 16.3 Å². The maximum absolute atomic E-state index is 13.2. The van der Waals surface area contributed by atoms with Crippen LogP contribution in [0.3, 0.4) is 0 Å². The maximum Gasteiger partial charge on any atom is 0.416 e. The number of nitrogens with one attached hydrogen (secondary N) is 1. The molecule has 30 heavy (non-hydrogen) atoms. The zero-order valence-electron chi connectivity index (χ0n) is 16.1. The third-order valence-corrected chi connectivity index (χ3v) is 4.71. The zero-order valence-corrected chi connectivity index (χ0v) is 16.8. The van der Waals surface area contributed by atoms with E-state index in [9.17, 15) is 18.0 Å². The third kappa shape index (κ3) is 4.79. The second-order valence-electron chi connectivity index (χ2n) is 6.57. The number of unbranched alkanes of at least 4 members (excludes halogenated alkanes) is 2. The van der Waals surface area contributed by atoms with Crippen molar-refractivity contribution in [2.75, 3.05) is 6.54 Å². The summed E-state index contributed by atoms with van der Waals surface area (Å²) in [6, 6.07) is 6.20. The minimum Gasteiger partial charge on any atom is -0.351 e. The first-order valence-corrected chi connectivity index (χ1v) is 9.72. The number of benzene rings is 1. The Hall–Kier alpha value is -2.94. The van der Waals surface area contributed by atoms with Crippen LogP contribution < -0.4 is 5.32 Å². The molecule has 0 bridgehead atoms. The predicted molar refractivity (Wildman–Crippen MR) is 106 cm³/mol. The topological polar surface area (TPSA) is 72.7 Å². The van der Waals surface area contributed by atoms with Gasteiger partial charge in [-0.2, -0.15) is 13.2 Å². The lowest BCUT2D eigenvalue weighted by Gasteiger charge is -2.13. The predicted octanol–water partition coefficient (Wildman–Crippen LogP) is 4.92. The van der Waals surface area contributed by atoms with E-state index in [-0.39, 0.29) is 22.1 Å². The van der Waals surface area contributed by atoms with E-state index in [4.69, 9.17) is 11.6 Å². The van der Waals surface area contributed by atoms with E-state index in [0.717, 1.165) is 42.1 Å². The lowest BCUT2D eigenvalue weighted by atomic mass is 10.1. The minimum absolute atomic E-state index is 0.0204. The molecule has 2 aromatic heterocycles. The molecule has 0 aliphatic carbocycles. The molecule has 0 saturated carbocycles. The van der Waals surface area contributed by atoms with Crippen molar-refractivity contribution in [3.63, 3.8) is 0 Å². The van der Waals surface area contributed by atoms with Crippen LogP contribution in [0.25, 0.3) is 16.9 Å². The lowest BCUT2D eigenvalue weighted by Crippen LogP contribution is -2.25. The Bertz CT molecular complexity index is 1020. The van der Waals surface area contributed by atoms with Crippen molar-refractivity contribution >= 4 is 17.5 Å². The lowest BCUT2D eigenvalue weighted by molar-refractivity contribution is -0.137. The number of carbonyl (C=O) groups excluding carboxylic acids is 1. The summed E-state index contributed by atoms with van der Waals surface area (Å²) in [5, 5.41) is 10.7. The molecule has 0 fully saturated rings. The van der Waals surface area contributed by atoms with Crippen molar-refractivity contribution < 1.29 is 18.0 Å². The van der Waals surface area contributed by atoms with Crippen LogP contribution in [-0.4, -0.2) is 32.4 Å². The van der Waals surface area contributed by atoms with Gasteiger partial charge < -0.3 is 5.32 Å². The monoisotopic (exact) mass is 437 g/mol. The Morgan fingerprint density at radius 1 is 1.23 bits per heavy atom. The van der Waals surface area contributed by atoms with Crippen molar-refractivity contribution in [1.82, 2.24) is 25.3 Å². The van der Waals surface area contributed by atoms with Crippen LogP contribution in [0.2, 0.25) is 5.02 Å². The summed E-state index contributed by atoms with van der Waals surface area (Å²) in [5.41, 5.74) is -0.275. The highest BCUT2D eigenvalue weighted by Gasteiger charge is 2.32. The van der Waals surface area contributed by atoms with Gasteiger partial charge in [0.1, 0.15) is 5.69 Å². The number of pyridine rings is 1. The number of hydrogen-bond donors (Lipinski definition) is 1. The van der Waals surface area contributed by atoms with Crippen molar-refractivity contribution in [3.8, 4) is 16.9 Å². The van der Waals surface area contributed by atoms with Crippen LogP contribution in [0, 0.1) is 0 Å². The first-order valence-electron chi connectivity index (χ1n) is 9.34. The molecule has 158 valence electrons. The third-order valence-electron chi connectivity index (χ3n) is 4.39. The van der Waals surface area contributed by atoms with E-state index in [1.54, 1.807) is 18.3 Å². The van der Waals surface area contributed by atoms with Crippen molar-refractivity contribution in [3.05, 3.63) is 59.0 Å². The standard InChI is InChI=1S/C20H19ClF3N5O/c1-2-3-4-10-26-19(30)17-18(13-6-5-9-25-12-13)29(28-27-17)16-11-14(20(22,23)24)7-8-15(16)21/h5-9,11-12H,2-4,10H2,1H3,(H,26,30). The fraction of sp³-hybridized carbons (Fsp3) is 0.300. The van der Waals surface area contributed by atoms with Crippen molar-refractivity contribution in [1.29, 1.82) is 0 Å². The minimum atomic E-state index is -4.56. The van der Waals surface area contributed by atoms with Crippen LogP contribution >= 0.6 is 11.6 Å². The zero-order chi connectivity index (χ0) is 21.7. The van der Waals surface area contributed by atoms with Gasteiger partial charge in [-0.1, -0.05) is 36.6 Å². The molecule has 0 radical (unpaired) electrons. The van der Waals surface area contributed by atoms with Crippen LogP contribution in [0.4, 0.5) is 13.2 Å². The molecular formula is C20H19ClF3N5O. The highest BCUT2D eigenvalue weighted by atomic mass is 35.5. The van der Waals surface area contributed by atoms with E-state index >= 15 is 0 Å². The van der Waals surface area contributed by atoms with Gasteiger partial charge in [-0.15, -0.1) is 5.10 Å². The number of alkyl halides is 3. The molecule has 0 unspecified atom stereocenters. The van der Waals surface area contributed by atoms with Gasteiger partial charge in [0.25, 0.3) is 5.91 Å². The number of hydrogen-bond acceptors (Lipinski definition) is 4. The number of halogens is 4. The largest absolute Gasteiger partial charge is 0.416 e. The average Bonchev–Trinajstić information content (AvgIpc) is 3.16. The molecule has 0 aliphatic heterocycles. The number of aromatic nitrogens is 4. The summed E-state index contributed by atoms with van der Waals surface area (Å²) >= 11 is 6.18. The van der Waals surface area contributed by atoms with Crippen LogP contribution in [0.15, 0.2) is 42.7 Å². The molecule has 1 amide bonds. The summed E-state index contributed by atoms with van der Waals surface area (Å²) in [4.78, 5) is 16.7. The van der Waals surface area contributed by atoms with Gasteiger partial charge >= 0.3 is 6.18 Å². The molecule has 1 N–H and O–H groups in total. The SMILES string of the molecule is CCCCCNC(=O)c1nnn(-c2cc(C(F)(F)F)ccc2Cl)c1-c1cccnc1. The smallest absolute Gasteiger partial charge is 0.351 e. The van der Waals surface area contributed by atoms with E-state index in [1.807, 2.05) is 6.92 Å². The number of amides is 1. The molecule has 6 nitrogen and oxygen atoms in total. The molecule has 0 saturated heterocycles. The van der Waals surface area contributed by atoms with Gasteiger partial charge in [-0.3, -0.25) is 9.78 Å². The van der Waals surface area contributed by atoms with Gasteiger partial charge in [0.15, 0.2) is 5.69 Å². The first-order chi connectivity index (χ1) is 14.3. The van der Waals surface area contributed by atoms with E-state index < -0.39 is 17.6 Å². The van der Waals surface area contributed by atoms with E-state index in [2.05, 4.69) is 20.6 Å². The van der Waals surface area contributed by atoms with Crippen molar-refractivity contribution in [2.24, 2.45) is 0 Å². The molecule has 2 heterocycles. The Kier molecular flexibility index (Phi) is 6.71. The summed E-state index contributed by atoms with van der Waals surface area (Å²) in [7, 11) is 0. The van der Waals surface area contributed by atoms with Crippen LogP contribution in [0.5, 0.6) is 0 Å². The molecule has 10 heteroatoms. The average molecular weight is 438 g/mol. The fourth-order valence-corrected chi connectivity index (χ4v) is 3.07. The normalized spacial score (nSPS) is 11.5. The summed E-state index contributed by atoms with van der Waals surface area (Å²) in [5.74, 6) is -0.473. The van der Waals surface area contributed by atoms with E-state index in [1.165, 1.54) is 6.20 Å². The quantitative estimate of drug-likeness (QED) is 0.532. The number of carbonyl (C=O) groups is 1. The molecule has 3 aromatic rings. The van der Waals surface area contributed by atoms with Crippen LogP contribution in [-0.2, 0) is 6.18 Å². The van der Waals surface area contributed by atoms with Crippen molar-refractivity contribution in [2.45, 2.75) is 32.4 Å². The van der Waals surface area contributed by atoms with Gasteiger partial charge in [-0.25, -0.2) is 4.68 Å². The molecule has 0 spiro atoms. The Morgan fingerprint density at radius 2 is 2.03 bits per heavy atom. The van der Waals surface area contributed by atoms with Gasteiger partial charge in [0, 0.05) is 24.5 Å². The molecular weight excluding hydrogens is 419 g/mol. The molecule has 0 atom stereocenters. The second kappa shape index (κ2) is 9.25. The number of rotatable bonds is 7. The summed E-state index contributed by atoms with van der Waals surface area (Å²) < 4.78 is 40.8. The Labute approximate surface area is 176 Å². The highest BCUT2D eigenvalue weighted by Crippen LogP contribution is 2.35. The molecule has 0 aliphatic rings. The Morgan fingerprint density at radius 3 is 2.70 bits per heavy atom. The molecule has 1 aromatic carbocycles. The maximum atomic E-state index is 13.2. The van der Waals surface area contributed by atoms with Crippen LogP contribution in [0.1, 0.15) is 42.2 Å². The fourth-order valence-electron chi connectivity index (χ4n) is 2.88. The van der Waals surface area contributed by atoms with E-state index in [0.29, 0.717) is 12.1 Å². The highest BCUT2D eigenvalue weighted by molar-refractivity contribution is 6.32. The Balaban J connectivity index is 2.09. The number of nitrogens with zero attached hydrogens (tertiary/aromatic N) is 4.